The van der Waals surface area contributed by atoms with E-state index in [4.69, 9.17) is 4.74 Å². The Labute approximate surface area is 124 Å². The molecule has 0 unspecified atom stereocenters. The van der Waals surface area contributed by atoms with Crippen LogP contribution in [0.15, 0.2) is 24.3 Å². The molecule has 0 radical (unpaired) electrons. The number of carbonyl (C=O) groups is 2. The number of nitrogens with one attached hydrogen (secondary N) is 2. The molecule has 1 heterocycles. The van der Waals surface area contributed by atoms with Crippen LogP contribution in [0, 0.1) is 0 Å². The largest absolute Gasteiger partial charge is 0.450 e. The highest BCUT2D eigenvalue weighted by Crippen LogP contribution is 2.28. The van der Waals surface area contributed by atoms with Gasteiger partial charge in [0.1, 0.15) is 6.54 Å². The Kier molecular flexibility index (Phi) is 5.43. The maximum absolute atomic E-state index is 11.9. The number of anilines is 2. The van der Waals surface area contributed by atoms with Gasteiger partial charge in [-0.2, -0.15) is 0 Å². The zero-order valence-electron chi connectivity index (χ0n) is 12.2. The van der Waals surface area contributed by atoms with E-state index in [1.165, 1.54) is 12.8 Å². The lowest BCUT2D eigenvalue weighted by Gasteiger charge is -2.21. The number of carbonyl (C=O) groups excluding carboxylic acids is 2. The van der Waals surface area contributed by atoms with Gasteiger partial charge in [-0.25, -0.2) is 4.79 Å². The van der Waals surface area contributed by atoms with Gasteiger partial charge in [-0.15, -0.1) is 0 Å². The van der Waals surface area contributed by atoms with Crippen LogP contribution in [-0.2, 0) is 9.53 Å². The van der Waals surface area contributed by atoms with Crippen LogP contribution >= 0.6 is 0 Å². The van der Waals surface area contributed by atoms with Crippen LogP contribution in [0.5, 0.6) is 0 Å². The second kappa shape index (κ2) is 7.52. The summed E-state index contributed by atoms with van der Waals surface area (Å²) in [5.74, 6) is -0.269. The molecular weight excluding hydrogens is 270 g/mol. The maximum atomic E-state index is 11.9. The molecular formula is C15H21N3O3. The van der Waals surface area contributed by atoms with E-state index in [1.54, 1.807) is 6.92 Å². The number of hydrogen-bond acceptors (Lipinski definition) is 4. The molecule has 1 aromatic carbocycles. The number of rotatable bonds is 5. The fourth-order valence-corrected chi connectivity index (χ4v) is 2.34. The van der Waals surface area contributed by atoms with Crippen molar-refractivity contribution in [1.82, 2.24) is 5.32 Å². The molecule has 2 N–H and O–H groups in total. The third-order valence-electron chi connectivity index (χ3n) is 3.29. The number of ether oxygens (including phenoxy) is 1. The summed E-state index contributed by atoms with van der Waals surface area (Å²) in [4.78, 5) is 25.3. The SMILES string of the molecule is CCOC(=O)NCC(=O)Nc1ccccc1N1CCCC1. The van der Waals surface area contributed by atoms with E-state index in [1.807, 2.05) is 24.3 Å². The van der Waals surface area contributed by atoms with Gasteiger partial charge in [0.25, 0.3) is 0 Å². The normalized spacial score (nSPS) is 13.9. The van der Waals surface area contributed by atoms with Gasteiger partial charge in [0.2, 0.25) is 5.91 Å². The first-order valence-electron chi connectivity index (χ1n) is 7.25. The molecule has 21 heavy (non-hydrogen) atoms. The van der Waals surface area contributed by atoms with Crippen LogP contribution in [0.2, 0.25) is 0 Å². The van der Waals surface area contributed by atoms with Crippen LogP contribution in [0.25, 0.3) is 0 Å². The third-order valence-corrected chi connectivity index (χ3v) is 3.29. The molecule has 1 aliphatic heterocycles. The van der Waals surface area contributed by atoms with Crippen molar-refractivity contribution in [1.29, 1.82) is 0 Å². The van der Waals surface area contributed by atoms with E-state index in [9.17, 15) is 9.59 Å². The highest BCUT2D eigenvalue weighted by atomic mass is 16.5. The van der Waals surface area contributed by atoms with Crippen molar-refractivity contribution in [3.8, 4) is 0 Å². The molecule has 1 fully saturated rings. The third kappa shape index (κ3) is 4.37. The quantitative estimate of drug-likeness (QED) is 0.870. The lowest BCUT2D eigenvalue weighted by atomic mass is 10.2. The minimum atomic E-state index is -0.583. The number of alkyl carbamates (subject to hydrolysis) is 1. The first-order chi connectivity index (χ1) is 10.2. The van der Waals surface area contributed by atoms with E-state index >= 15 is 0 Å². The van der Waals surface area contributed by atoms with Crippen LogP contribution in [0.3, 0.4) is 0 Å². The summed E-state index contributed by atoms with van der Waals surface area (Å²) in [5.41, 5.74) is 1.80. The molecule has 1 saturated heterocycles. The molecule has 6 nitrogen and oxygen atoms in total. The highest BCUT2D eigenvalue weighted by molar-refractivity contribution is 5.96. The summed E-state index contributed by atoms with van der Waals surface area (Å²) in [5, 5.41) is 5.24. The van der Waals surface area contributed by atoms with Crippen LogP contribution in [0.1, 0.15) is 19.8 Å². The number of benzene rings is 1. The average Bonchev–Trinajstić information content (AvgIpc) is 3.00. The fourth-order valence-electron chi connectivity index (χ4n) is 2.34. The van der Waals surface area contributed by atoms with Gasteiger partial charge in [0.05, 0.1) is 18.0 Å². The van der Waals surface area contributed by atoms with E-state index < -0.39 is 6.09 Å². The molecule has 0 bridgehead atoms. The van der Waals surface area contributed by atoms with Crippen LogP contribution < -0.4 is 15.5 Å². The van der Waals surface area contributed by atoms with Gasteiger partial charge in [0, 0.05) is 13.1 Å². The predicted octanol–water partition coefficient (Wildman–Crippen LogP) is 1.97. The van der Waals surface area contributed by atoms with Crippen LogP contribution in [-0.4, -0.2) is 38.2 Å². The van der Waals surface area contributed by atoms with E-state index in [0.29, 0.717) is 0 Å². The smallest absolute Gasteiger partial charge is 0.407 e. The Morgan fingerprint density at radius 2 is 1.95 bits per heavy atom. The first kappa shape index (κ1) is 15.2. The summed E-state index contributed by atoms with van der Waals surface area (Å²) < 4.78 is 4.71. The number of para-hydroxylation sites is 2. The lowest BCUT2D eigenvalue weighted by molar-refractivity contribution is -0.115. The minimum Gasteiger partial charge on any atom is -0.450 e. The van der Waals surface area contributed by atoms with Gasteiger partial charge in [-0.3, -0.25) is 4.79 Å². The van der Waals surface area contributed by atoms with Crippen molar-refractivity contribution in [2.75, 3.05) is 36.5 Å². The molecule has 0 aromatic heterocycles. The summed E-state index contributed by atoms with van der Waals surface area (Å²) in [6, 6.07) is 7.71. The van der Waals surface area contributed by atoms with Crippen molar-refractivity contribution < 1.29 is 14.3 Å². The Hall–Kier alpha value is -2.24. The van der Waals surface area contributed by atoms with Gasteiger partial charge in [0.15, 0.2) is 0 Å². The molecule has 2 amide bonds. The van der Waals surface area contributed by atoms with Gasteiger partial charge >= 0.3 is 6.09 Å². The van der Waals surface area contributed by atoms with Crippen molar-refractivity contribution >= 4 is 23.4 Å². The Morgan fingerprint density at radius 1 is 1.24 bits per heavy atom. The van der Waals surface area contributed by atoms with E-state index in [0.717, 1.165) is 24.5 Å². The van der Waals surface area contributed by atoms with Gasteiger partial charge in [-0.05, 0) is 31.9 Å². The Balaban J connectivity index is 1.93. The zero-order valence-corrected chi connectivity index (χ0v) is 12.2. The average molecular weight is 291 g/mol. The first-order valence-corrected chi connectivity index (χ1v) is 7.25. The van der Waals surface area contributed by atoms with Gasteiger partial charge < -0.3 is 20.3 Å². The van der Waals surface area contributed by atoms with E-state index in [-0.39, 0.29) is 19.1 Å². The maximum Gasteiger partial charge on any atom is 0.407 e. The molecule has 0 aliphatic carbocycles. The second-order valence-electron chi connectivity index (χ2n) is 4.83. The fraction of sp³-hybridized carbons (Fsp3) is 0.467. The lowest BCUT2D eigenvalue weighted by Crippen LogP contribution is -2.33. The Bertz CT molecular complexity index is 499. The van der Waals surface area contributed by atoms with Crippen molar-refractivity contribution in [2.45, 2.75) is 19.8 Å². The molecule has 6 heteroatoms. The molecule has 1 aromatic rings. The molecule has 1 aliphatic rings. The van der Waals surface area contributed by atoms with Crippen molar-refractivity contribution in [3.05, 3.63) is 24.3 Å². The number of nitrogens with zero attached hydrogens (tertiary/aromatic N) is 1. The van der Waals surface area contributed by atoms with Crippen molar-refractivity contribution in [2.24, 2.45) is 0 Å². The Morgan fingerprint density at radius 3 is 2.67 bits per heavy atom. The zero-order chi connectivity index (χ0) is 15.1. The number of amides is 2. The number of hydrogen-bond donors (Lipinski definition) is 2. The highest BCUT2D eigenvalue weighted by Gasteiger charge is 2.16. The summed E-state index contributed by atoms with van der Waals surface area (Å²) in [6.07, 6.45) is 1.76. The second-order valence-corrected chi connectivity index (χ2v) is 4.83. The molecule has 0 atom stereocenters. The van der Waals surface area contributed by atoms with E-state index in [2.05, 4.69) is 15.5 Å². The molecule has 0 saturated carbocycles. The standard InChI is InChI=1S/C15H21N3O3/c1-2-21-15(20)16-11-14(19)17-12-7-3-4-8-13(12)18-9-5-6-10-18/h3-4,7-8H,2,5-6,9-11H2,1H3,(H,16,20)(H,17,19). The topological polar surface area (TPSA) is 70.7 Å². The summed E-state index contributed by atoms with van der Waals surface area (Å²) in [7, 11) is 0. The minimum absolute atomic E-state index is 0.104. The van der Waals surface area contributed by atoms with Gasteiger partial charge in [-0.1, -0.05) is 12.1 Å². The molecule has 2 rings (SSSR count). The van der Waals surface area contributed by atoms with Crippen LogP contribution in [0.4, 0.5) is 16.2 Å². The van der Waals surface area contributed by atoms with Crippen molar-refractivity contribution in [3.63, 3.8) is 0 Å². The molecule has 114 valence electrons. The monoisotopic (exact) mass is 291 g/mol. The summed E-state index contributed by atoms with van der Waals surface area (Å²) in [6.45, 7) is 3.91. The summed E-state index contributed by atoms with van der Waals surface area (Å²) >= 11 is 0. The predicted molar refractivity (Wildman–Crippen MR) is 81.5 cm³/mol. The molecule has 0 spiro atoms.